The number of amides is 1. The summed E-state index contributed by atoms with van der Waals surface area (Å²) in [5, 5.41) is 4.68. The van der Waals surface area contributed by atoms with E-state index in [1.165, 1.54) is 23.3 Å². The van der Waals surface area contributed by atoms with E-state index >= 15 is 0 Å². The molecule has 2 aliphatic carbocycles. The van der Waals surface area contributed by atoms with Crippen LogP contribution >= 0.6 is 0 Å². The highest BCUT2D eigenvalue weighted by Gasteiger charge is 2.33. The van der Waals surface area contributed by atoms with Gasteiger partial charge in [-0.05, 0) is 67.5 Å². The average Bonchev–Trinajstić information content (AvgIpc) is 3.42. The van der Waals surface area contributed by atoms with E-state index in [2.05, 4.69) is 23.3 Å². The number of halogens is 1. The van der Waals surface area contributed by atoms with Crippen LogP contribution in [0.5, 0.6) is 0 Å². The Morgan fingerprint density at radius 2 is 1.89 bits per heavy atom. The lowest BCUT2D eigenvalue weighted by Gasteiger charge is -2.25. The van der Waals surface area contributed by atoms with Gasteiger partial charge < -0.3 is 4.90 Å². The molecule has 2 aliphatic rings. The summed E-state index contributed by atoms with van der Waals surface area (Å²) >= 11 is 0. The van der Waals surface area contributed by atoms with Crippen LogP contribution in [0, 0.1) is 5.82 Å². The van der Waals surface area contributed by atoms with Crippen LogP contribution in [0.1, 0.15) is 51.8 Å². The summed E-state index contributed by atoms with van der Waals surface area (Å²) in [6, 6.07) is 14.8. The van der Waals surface area contributed by atoms with Gasteiger partial charge in [-0.2, -0.15) is 5.10 Å². The fraction of sp³-hybridized carbons (Fsp3) is 0.304. The topological polar surface area (TPSA) is 38.1 Å². The van der Waals surface area contributed by atoms with Crippen LogP contribution < -0.4 is 0 Å². The largest absolute Gasteiger partial charge is 0.333 e. The molecule has 1 aromatic heterocycles. The van der Waals surface area contributed by atoms with Gasteiger partial charge in [-0.3, -0.25) is 4.79 Å². The quantitative estimate of drug-likeness (QED) is 0.686. The third-order valence-electron chi connectivity index (χ3n) is 6.09. The maximum Gasteiger partial charge on any atom is 0.274 e. The lowest BCUT2D eigenvalue weighted by Crippen LogP contribution is -2.31. The van der Waals surface area contributed by atoms with Gasteiger partial charge in [-0.1, -0.05) is 24.3 Å². The van der Waals surface area contributed by atoms with Gasteiger partial charge in [0.1, 0.15) is 5.82 Å². The summed E-state index contributed by atoms with van der Waals surface area (Å²) in [5.41, 5.74) is 6.04. The minimum atomic E-state index is -0.275. The van der Waals surface area contributed by atoms with Crippen molar-refractivity contribution < 1.29 is 9.18 Å². The molecule has 1 amide bonds. The molecule has 5 heteroatoms. The van der Waals surface area contributed by atoms with Gasteiger partial charge in [0.2, 0.25) is 0 Å². The Balaban J connectivity index is 1.51. The Kier molecular flexibility index (Phi) is 4.04. The van der Waals surface area contributed by atoms with Crippen molar-refractivity contribution in [1.82, 2.24) is 14.7 Å². The van der Waals surface area contributed by atoms with Gasteiger partial charge >= 0.3 is 0 Å². The van der Waals surface area contributed by atoms with E-state index < -0.39 is 0 Å². The normalized spacial score (nSPS) is 17.4. The van der Waals surface area contributed by atoms with Crippen molar-refractivity contribution in [3.05, 3.63) is 82.4 Å². The van der Waals surface area contributed by atoms with Crippen LogP contribution in [-0.4, -0.2) is 27.6 Å². The van der Waals surface area contributed by atoms with E-state index in [0.29, 0.717) is 5.69 Å². The first-order valence-corrected chi connectivity index (χ1v) is 9.85. The van der Waals surface area contributed by atoms with Crippen molar-refractivity contribution >= 4 is 5.91 Å². The molecular formula is C23H22FN3O. The van der Waals surface area contributed by atoms with E-state index in [0.717, 1.165) is 49.0 Å². The molecule has 0 bridgehead atoms. The molecule has 3 aromatic rings. The van der Waals surface area contributed by atoms with Gasteiger partial charge in [0.05, 0.1) is 11.7 Å². The maximum absolute atomic E-state index is 13.4. The summed E-state index contributed by atoms with van der Waals surface area (Å²) in [6.45, 7) is 0. The van der Waals surface area contributed by atoms with Gasteiger partial charge in [-0.15, -0.1) is 0 Å². The fourth-order valence-corrected chi connectivity index (χ4v) is 4.65. The van der Waals surface area contributed by atoms with Gasteiger partial charge in [0.15, 0.2) is 5.69 Å². The van der Waals surface area contributed by atoms with Crippen LogP contribution in [0.25, 0.3) is 5.69 Å². The van der Waals surface area contributed by atoms with Crippen molar-refractivity contribution in [1.29, 1.82) is 0 Å². The number of rotatable bonds is 3. The number of hydrogen-bond acceptors (Lipinski definition) is 2. The number of carbonyl (C=O) groups excluding carboxylic acids is 1. The molecule has 2 aromatic carbocycles. The molecule has 0 saturated carbocycles. The Bertz CT molecular complexity index is 1050. The number of nitrogens with zero attached hydrogens (tertiary/aromatic N) is 3. The van der Waals surface area contributed by atoms with Crippen LogP contribution in [0.4, 0.5) is 4.39 Å². The molecule has 0 saturated heterocycles. The summed E-state index contributed by atoms with van der Waals surface area (Å²) in [7, 11) is 1.88. The molecule has 0 radical (unpaired) electrons. The minimum absolute atomic E-state index is 0.0271. The Hall–Kier alpha value is -2.95. The first-order chi connectivity index (χ1) is 13.6. The summed E-state index contributed by atoms with van der Waals surface area (Å²) in [4.78, 5) is 15.2. The van der Waals surface area contributed by atoms with E-state index in [-0.39, 0.29) is 17.8 Å². The highest BCUT2D eigenvalue weighted by atomic mass is 19.1. The van der Waals surface area contributed by atoms with Crippen LogP contribution in [0.3, 0.4) is 0 Å². The third-order valence-corrected chi connectivity index (χ3v) is 6.09. The molecule has 5 rings (SSSR count). The Morgan fingerprint density at radius 3 is 2.71 bits per heavy atom. The zero-order valence-corrected chi connectivity index (χ0v) is 15.9. The second-order valence-corrected chi connectivity index (χ2v) is 7.68. The van der Waals surface area contributed by atoms with Crippen LogP contribution in [-0.2, 0) is 19.3 Å². The number of benzene rings is 2. The highest BCUT2D eigenvalue weighted by molar-refractivity contribution is 5.94. The maximum atomic E-state index is 13.4. The lowest BCUT2D eigenvalue weighted by molar-refractivity contribution is 0.0723. The molecule has 28 heavy (non-hydrogen) atoms. The van der Waals surface area contributed by atoms with Gasteiger partial charge in [0.25, 0.3) is 5.91 Å². The molecule has 0 N–H and O–H groups in total. The first kappa shape index (κ1) is 17.2. The van der Waals surface area contributed by atoms with Crippen molar-refractivity contribution in [3.63, 3.8) is 0 Å². The smallest absolute Gasteiger partial charge is 0.274 e. The molecular weight excluding hydrogens is 353 g/mol. The summed E-state index contributed by atoms with van der Waals surface area (Å²) in [5.74, 6) is -0.302. The standard InChI is InChI=1S/C23H22FN3O/c1-26(20-14-9-15-5-2-3-6-18(15)20)23(28)22-19-7-4-8-21(19)27(25-22)17-12-10-16(24)11-13-17/h2-3,5-6,10-13,20H,4,7-9,14H2,1H3. The SMILES string of the molecule is CN(C(=O)c1nn(-c2ccc(F)cc2)c2c1CCC2)C1CCc2ccccc21. The number of hydrogen-bond donors (Lipinski definition) is 0. The summed E-state index contributed by atoms with van der Waals surface area (Å²) in [6.07, 6.45) is 4.73. The Morgan fingerprint density at radius 1 is 1.11 bits per heavy atom. The van der Waals surface area contributed by atoms with Crippen LogP contribution in [0.2, 0.25) is 0 Å². The second kappa shape index (κ2) is 6.59. The molecule has 1 unspecified atom stereocenters. The van der Waals surface area contributed by atoms with E-state index in [1.54, 1.807) is 12.1 Å². The highest BCUT2D eigenvalue weighted by Crippen LogP contribution is 2.36. The molecule has 4 nitrogen and oxygen atoms in total. The minimum Gasteiger partial charge on any atom is -0.333 e. The van der Waals surface area contributed by atoms with E-state index in [9.17, 15) is 9.18 Å². The number of aromatic nitrogens is 2. The van der Waals surface area contributed by atoms with Crippen molar-refractivity contribution in [2.45, 2.75) is 38.1 Å². The second-order valence-electron chi connectivity index (χ2n) is 7.68. The van der Waals surface area contributed by atoms with Crippen molar-refractivity contribution in [2.24, 2.45) is 0 Å². The molecule has 142 valence electrons. The van der Waals surface area contributed by atoms with Gasteiger partial charge in [0, 0.05) is 18.3 Å². The van der Waals surface area contributed by atoms with Crippen molar-refractivity contribution in [3.8, 4) is 5.69 Å². The molecule has 0 spiro atoms. The first-order valence-electron chi connectivity index (χ1n) is 9.85. The zero-order valence-electron chi connectivity index (χ0n) is 15.9. The monoisotopic (exact) mass is 375 g/mol. The predicted molar refractivity (Wildman–Crippen MR) is 105 cm³/mol. The summed E-state index contributed by atoms with van der Waals surface area (Å²) < 4.78 is 15.1. The fourth-order valence-electron chi connectivity index (χ4n) is 4.65. The molecule has 1 heterocycles. The number of fused-ring (bicyclic) bond motifs is 2. The lowest BCUT2D eigenvalue weighted by atomic mass is 10.1. The Labute approximate surface area is 163 Å². The van der Waals surface area contributed by atoms with E-state index in [1.807, 2.05) is 22.7 Å². The number of aryl methyl sites for hydroxylation is 1. The van der Waals surface area contributed by atoms with Gasteiger partial charge in [-0.25, -0.2) is 9.07 Å². The molecule has 0 fully saturated rings. The molecule has 1 atom stereocenters. The predicted octanol–water partition coefficient (Wildman–Crippen LogP) is 4.26. The number of carbonyl (C=O) groups is 1. The van der Waals surface area contributed by atoms with Crippen LogP contribution in [0.15, 0.2) is 48.5 Å². The van der Waals surface area contributed by atoms with E-state index in [4.69, 9.17) is 0 Å². The zero-order chi connectivity index (χ0) is 19.3. The average molecular weight is 375 g/mol. The molecule has 0 aliphatic heterocycles. The van der Waals surface area contributed by atoms with Crippen molar-refractivity contribution in [2.75, 3.05) is 7.05 Å². The third kappa shape index (κ3) is 2.65.